The lowest BCUT2D eigenvalue weighted by molar-refractivity contribution is 0.356. The van der Waals surface area contributed by atoms with Crippen molar-refractivity contribution in [2.45, 2.75) is 38.1 Å². The molecule has 1 nitrogen and oxygen atoms in total. The largest absolute Gasteiger partial charge is 0.343 e. The van der Waals surface area contributed by atoms with Gasteiger partial charge in [-0.25, -0.2) is 0 Å². The summed E-state index contributed by atoms with van der Waals surface area (Å²) < 4.78 is 2.49. The zero-order chi connectivity index (χ0) is 22.6. The van der Waals surface area contributed by atoms with Gasteiger partial charge in [-0.3, -0.25) is 0 Å². The lowest BCUT2D eigenvalue weighted by Crippen LogP contribution is -2.14. The summed E-state index contributed by atoms with van der Waals surface area (Å²) in [5, 5.41) is 0. The average Bonchev–Trinajstić information content (AvgIpc) is 3.30. The van der Waals surface area contributed by atoms with E-state index in [9.17, 15) is 0 Å². The third kappa shape index (κ3) is 4.48. The van der Waals surface area contributed by atoms with Crippen LogP contribution in [0.25, 0.3) is 11.3 Å². The first-order valence-corrected chi connectivity index (χ1v) is 12.6. The molecule has 33 heavy (non-hydrogen) atoms. The number of hydrogen-bond donors (Lipinski definition) is 0. The van der Waals surface area contributed by atoms with Crippen molar-refractivity contribution in [1.29, 1.82) is 0 Å². The van der Waals surface area contributed by atoms with Gasteiger partial charge in [0.25, 0.3) is 0 Å². The molecule has 0 N–H and O–H groups in total. The van der Waals surface area contributed by atoms with Gasteiger partial charge in [0, 0.05) is 23.4 Å². The van der Waals surface area contributed by atoms with Gasteiger partial charge in [0.2, 0.25) is 0 Å². The minimum atomic E-state index is 0.471. The third-order valence-corrected chi connectivity index (χ3v) is 7.49. The first-order chi connectivity index (χ1) is 16.2. The molecular weight excluding hydrogens is 438 g/mol. The second-order valence-electron chi connectivity index (χ2n) is 8.72. The predicted molar refractivity (Wildman–Crippen MR) is 146 cm³/mol. The molecule has 0 spiro atoms. The summed E-state index contributed by atoms with van der Waals surface area (Å²) in [7, 11) is 0. The topological polar surface area (TPSA) is 4.93 Å². The molecule has 5 rings (SSSR count). The Bertz CT molecular complexity index is 1250. The van der Waals surface area contributed by atoms with Crippen LogP contribution in [-0.2, 0) is 0 Å². The van der Waals surface area contributed by atoms with E-state index in [1.165, 1.54) is 43.4 Å². The highest BCUT2D eigenvalue weighted by molar-refractivity contribution is 7.82. The van der Waals surface area contributed by atoms with Gasteiger partial charge in [0.05, 0.1) is 15.4 Å². The Kier molecular flexibility index (Phi) is 6.61. The maximum Gasteiger partial charge on any atom is 0.0578 e. The van der Waals surface area contributed by atoms with Gasteiger partial charge < -0.3 is 4.57 Å². The molecule has 0 bridgehead atoms. The van der Waals surface area contributed by atoms with Crippen molar-refractivity contribution in [1.82, 2.24) is 4.57 Å². The fraction of sp³-hybridized carbons (Fsp3) is 0.200. The third-order valence-electron chi connectivity index (χ3n) is 6.59. The lowest BCUT2D eigenvalue weighted by atomic mass is 9.93. The Morgan fingerprint density at radius 3 is 1.73 bits per heavy atom. The fourth-order valence-electron chi connectivity index (χ4n) is 4.94. The molecular formula is C30H27NS2. The summed E-state index contributed by atoms with van der Waals surface area (Å²) in [4.78, 5) is 1.72. The number of thiocarbonyl (C=S) groups is 2. The van der Waals surface area contributed by atoms with Crippen LogP contribution in [0.5, 0.6) is 0 Å². The Morgan fingerprint density at radius 2 is 1.15 bits per heavy atom. The summed E-state index contributed by atoms with van der Waals surface area (Å²) in [5.74, 6) is 0. The van der Waals surface area contributed by atoms with Gasteiger partial charge in [-0.1, -0.05) is 135 Å². The second kappa shape index (κ2) is 9.94. The molecule has 1 heterocycles. The van der Waals surface area contributed by atoms with E-state index in [0.717, 1.165) is 32.0 Å². The van der Waals surface area contributed by atoms with Gasteiger partial charge in [-0.15, -0.1) is 0 Å². The number of rotatable bonds is 6. The summed E-state index contributed by atoms with van der Waals surface area (Å²) >= 11 is 12.3. The van der Waals surface area contributed by atoms with E-state index in [2.05, 4.69) is 77.5 Å². The zero-order valence-corrected chi connectivity index (χ0v) is 20.2. The molecule has 1 saturated carbocycles. The van der Waals surface area contributed by atoms with Gasteiger partial charge in [-0.05, 0) is 29.5 Å². The molecule has 1 aliphatic carbocycles. The van der Waals surface area contributed by atoms with E-state index < -0.39 is 0 Å². The van der Waals surface area contributed by atoms with E-state index in [4.69, 9.17) is 24.4 Å². The fourth-order valence-corrected chi connectivity index (χ4v) is 5.58. The van der Waals surface area contributed by atoms with Crippen molar-refractivity contribution < 1.29 is 0 Å². The van der Waals surface area contributed by atoms with Gasteiger partial charge in [-0.2, -0.15) is 0 Å². The standard InChI is InChI=1S/C30H27NS2/c32-29(23-15-7-2-8-16-23)26-21-31(25-19-11-4-12-20-25)28(22-13-5-1-6-14-22)27(26)30(33)24-17-9-3-10-18-24/h1-3,5-10,13-18,21,25H,4,11-12,19-20H2. The highest BCUT2D eigenvalue weighted by atomic mass is 32.1. The van der Waals surface area contributed by atoms with Crippen molar-refractivity contribution in [3.8, 4) is 11.3 Å². The Morgan fingerprint density at radius 1 is 0.636 bits per heavy atom. The number of nitrogens with zero attached hydrogens (tertiary/aromatic N) is 1. The monoisotopic (exact) mass is 465 g/mol. The first-order valence-electron chi connectivity index (χ1n) is 11.7. The van der Waals surface area contributed by atoms with E-state index in [1.807, 2.05) is 24.3 Å². The van der Waals surface area contributed by atoms with Crippen LogP contribution in [0.4, 0.5) is 0 Å². The SMILES string of the molecule is S=C(c1ccccc1)c1cn(C2CCCCC2)c(-c2ccccc2)c1C(=S)c1ccccc1. The number of aromatic nitrogens is 1. The Labute approximate surface area is 207 Å². The number of hydrogen-bond acceptors (Lipinski definition) is 2. The van der Waals surface area contributed by atoms with Crippen LogP contribution in [0.1, 0.15) is 60.4 Å². The minimum absolute atomic E-state index is 0.471. The molecule has 0 radical (unpaired) electrons. The van der Waals surface area contributed by atoms with Crippen molar-refractivity contribution in [3.63, 3.8) is 0 Å². The van der Waals surface area contributed by atoms with E-state index in [0.29, 0.717) is 6.04 Å². The molecule has 0 saturated heterocycles. The van der Waals surface area contributed by atoms with Crippen LogP contribution < -0.4 is 0 Å². The first kappa shape index (κ1) is 21.9. The van der Waals surface area contributed by atoms with Crippen molar-refractivity contribution in [3.05, 3.63) is 119 Å². The van der Waals surface area contributed by atoms with Crippen LogP contribution >= 0.6 is 24.4 Å². The van der Waals surface area contributed by atoms with Gasteiger partial charge in [0.15, 0.2) is 0 Å². The quantitative estimate of drug-likeness (QED) is 0.209. The number of benzene rings is 3. The molecule has 3 heteroatoms. The second-order valence-corrected chi connectivity index (χ2v) is 9.54. The Balaban J connectivity index is 1.76. The molecule has 1 aromatic heterocycles. The smallest absolute Gasteiger partial charge is 0.0578 e. The average molecular weight is 466 g/mol. The Hall–Kier alpha value is -2.88. The van der Waals surface area contributed by atoms with Crippen LogP contribution in [0.3, 0.4) is 0 Å². The molecule has 164 valence electrons. The van der Waals surface area contributed by atoms with Crippen molar-refractivity contribution in [2.24, 2.45) is 0 Å². The maximum absolute atomic E-state index is 6.17. The van der Waals surface area contributed by atoms with Crippen LogP contribution in [-0.4, -0.2) is 14.3 Å². The van der Waals surface area contributed by atoms with E-state index in [-0.39, 0.29) is 0 Å². The minimum Gasteiger partial charge on any atom is -0.343 e. The molecule has 0 aliphatic heterocycles. The molecule has 4 aromatic rings. The molecule has 1 aliphatic rings. The van der Waals surface area contributed by atoms with Gasteiger partial charge in [0.1, 0.15) is 0 Å². The van der Waals surface area contributed by atoms with Crippen LogP contribution in [0.15, 0.2) is 97.2 Å². The molecule has 0 amide bonds. The van der Waals surface area contributed by atoms with Crippen LogP contribution in [0, 0.1) is 0 Å². The zero-order valence-electron chi connectivity index (χ0n) is 18.6. The predicted octanol–water partition coefficient (Wildman–Crippen LogP) is 8.19. The van der Waals surface area contributed by atoms with E-state index >= 15 is 0 Å². The van der Waals surface area contributed by atoms with E-state index in [1.54, 1.807) is 0 Å². The molecule has 0 atom stereocenters. The lowest BCUT2D eigenvalue weighted by Gasteiger charge is -2.26. The molecule has 0 unspecified atom stereocenters. The van der Waals surface area contributed by atoms with Crippen LogP contribution in [0.2, 0.25) is 0 Å². The summed E-state index contributed by atoms with van der Waals surface area (Å²) in [5.41, 5.74) is 6.66. The highest BCUT2D eigenvalue weighted by Gasteiger charge is 2.28. The van der Waals surface area contributed by atoms with Crippen molar-refractivity contribution >= 4 is 34.2 Å². The van der Waals surface area contributed by atoms with Gasteiger partial charge >= 0.3 is 0 Å². The summed E-state index contributed by atoms with van der Waals surface area (Å²) in [6.07, 6.45) is 8.55. The normalized spacial score (nSPS) is 14.2. The summed E-state index contributed by atoms with van der Waals surface area (Å²) in [6.45, 7) is 0. The maximum atomic E-state index is 6.17. The van der Waals surface area contributed by atoms with Crippen molar-refractivity contribution in [2.75, 3.05) is 0 Å². The molecule has 3 aromatic carbocycles. The highest BCUT2D eigenvalue weighted by Crippen LogP contribution is 2.39. The summed E-state index contributed by atoms with van der Waals surface area (Å²) in [6, 6.07) is 31.8. The molecule has 1 fully saturated rings.